The lowest BCUT2D eigenvalue weighted by Gasteiger charge is -2.43. The molecule has 2 fully saturated rings. The van der Waals surface area contributed by atoms with E-state index in [2.05, 4.69) is 25.0 Å². The Hall–Kier alpha value is -1.85. The molecule has 1 saturated heterocycles. The van der Waals surface area contributed by atoms with Crippen molar-refractivity contribution >= 4 is 31.8 Å². The molecule has 45 heavy (non-hydrogen) atoms. The van der Waals surface area contributed by atoms with Crippen molar-refractivity contribution in [2.75, 3.05) is 47.0 Å². The molecule has 3 rings (SSSR count). The summed E-state index contributed by atoms with van der Waals surface area (Å²) in [4.78, 5) is 30.0. The number of piperidine rings is 1. The van der Waals surface area contributed by atoms with E-state index in [0.29, 0.717) is 57.0 Å². The summed E-state index contributed by atoms with van der Waals surface area (Å²) in [6.07, 6.45) is 8.01. The van der Waals surface area contributed by atoms with Crippen LogP contribution in [0.4, 0.5) is 9.59 Å². The van der Waals surface area contributed by atoms with E-state index in [1.165, 1.54) is 4.90 Å². The van der Waals surface area contributed by atoms with Gasteiger partial charge in [-0.1, -0.05) is 62.6 Å². The first-order valence-electron chi connectivity index (χ1n) is 16.9. The highest BCUT2D eigenvalue weighted by molar-refractivity contribution is 6.76. The SMILES string of the molecule is COCCCC[C@@](O)(c1cccc(Cl)c1)[C@@H]1CCCN(C(=O)NC(CN(C)C(=O)OCC[Si](C)(C)C)CC2(O)CCCCC2)C1. The number of urea groups is 1. The monoisotopic (exact) mass is 667 g/mol. The highest BCUT2D eigenvalue weighted by Gasteiger charge is 2.42. The first-order valence-corrected chi connectivity index (χ1v) is 21.0. The third-order valence-electron chi connectivity index (χ3n) is 9.49. The molecule has 1 aromatic rings. The van der Waals surface area contributed by atoms with E-state index < -0.39 is 31.4 Å². The van der Waals surface area contributed by atoms with E-state index in [4.69, 9.17) is 21.1 Å². The average molecular weight is 668 g/mol. The number of amides is 3. The van der Waals surface area contributed by atoms with E-state index in [9.17, 15) is 19.8 Å². The summed E-state index contributed by atoms with van der Waals surface area (Å²) in [6.45, 7) is 8.93. The van der Waals surface area contributed by atoms with Gasteiger partial charge < -0.3 is 34.8 Å². The maximum atomic E-state index is 13.8. The zero-order chi connectivity index (χ0) is 33.1. The molecule has 3 amide bonds. The van der Waals surface area contributed by atoms with Crippen LogP contribution in [-0.2, 0) is 15.1 Å². The highest BCUT2D eigenvalue weighted by Crippen LogP contribution is 2.40. The second-order valence-electron chi connectivity index (χ2n) is 14.6. The number of nitrogens with one attached hydrogen (secondary N) is 1. The lowest BCUT2D eigenvalue weighted by atomic mass is 9.74. The maximum Gasteiger partial charge on any atom is 0.409 e. The van der Waals surface area contributed by atoms with Crippen molar-refractivity contribution in [3.8, 4) is 0 Å². The third-order valence-corrected chi connectivity index (χ3v) is 11.4. The molecular weight excluding hydrogens is 610 g/mol. The predicted octanol–water partition coefficient (Wildman–Crippen LogP) is 6.63. The van der Waals surface area contributed by atoms with Crippen molar-refractivity contribution in [3.05, 3.63) is 34.9 Å². The van der Waals surface area contributed by atoms with Gasteiger partial charge in [-0.2, -0.15) is 0 Å². The number of aliphatic hydroxyl groups is 2. The van der Waals surface area contributed by atoms with Crippen LogP contribution < -0.4 is 5.32 Å². The van der Waals surface area contributed by atoms with E-state index in [0.717, 1.165) is 56.6 Å². The van der Waals surface area contributed by atoms with Gasteiger partial charge in [-0.15, -0.1) is 0 Å². The van der Waals surface area contributed by atoms with E-state index in [1.54, 1.807) is 25.1 Å². The van der Waals surface area contributed by atoms with E-state index in [-0.39, 0.29) is 18.5 Å². The lowest BCUT2D eigenvalue weighted by Crippen LogP contribution is -2.55. The Bertz CT molecular complexity index is 1080. The quantitative estimate of drug-likeness (QED) is 0.143. The van der Waals surface area contributed by atoms with Gasteiger partial charge >= 0.3 is 12.1 Å². The van der Waals surface area contributed by atoms with Crippen LogP contribution in [0.1, 0.15) is 76.2 Å². The lowest BCUT2D eigenvalue weighted by molar-refractivity contribution is -0.0566. The second kappa shape index (κ2) is 17.3. The summed E-state index contributed by atoms with van der Waals surface area (Å²) in [7, 11) is 2.02. The molecule has 1 aromatic carbocycles. The van der Waals surface area contributed by atoms with Crippen LogP contribution in [0.15, 0.2) is 24.3 Å². The number of likely N-dealkylation sites (tertiary alicyclic amines) is 1. The first-order chi connectivity index (χ1) is 21.2. The number of methoxy groups -OCH3 is 1. The van der Waals surface area contributed by atoms with Crippen molar-refractivity contribution in [2.24, 2.45) is 5.92 Å². The predicted molar refractivity (Wildman–Crippen MR) is 182 cm³/mol. The topological polar surface area (TPSA) is 112 Å². The fourth-order valence-electron chi connectivity index (χ4n) is 6.79. The molecule has 11 heteroatoms. The van der Waals surface area contributed by atoms with Crippen LogP contribution in [0.5, 0.6) is 0 Å². The van der Waals surface area contributed by atoms with Gasteiger partial charge in [-0.25, -0.2) is 9.59 Å². The molecule has 1 aliphatic heterocycles. The normalized spacial score (nSPS) is 20.6. The largest absolute Gasteiger partial charge is 0.450 e. The molecule has 0 bridgehead atoms. The van der Waals surface area contributed by atoms with Gasteiger partial charge in [-0.3, -0.25) is 0 Å². The van der Waals surface area contributed by atoms with Crippen LogP contribution in [0, 0.1) is 5.92 Å². The molecule has 9 nitrogen and oxygen atoms in total. The fourth-order valence-corrected chi connectivity index (χ4v) is 7.70. The Morgan fingerprint density at radius 1 is 1.18 bits per heavy atom. The Morgan fingerprint density at radius 2 is 1.91 bits per heavy atom. The zero-order valence-electron chi connectivity index (χ0n) is 28.3. The van der Waals surface area contributed by atoms with Crippen LogP contribution in [0.2, 0.25) is 30.7 Å². The first kappa shape index (κ1) is 37.6. The van der Waals surface area contributed by atoms with Crippen LogP contribution in [0.3, 0.4) is 0 Å². The van der Waals surface area contributed by atoms with Gasteiger partial charge in [-0.05, 0) is 75.1 Å². The Labute approximate surface area is 277 Å². The van der Waals surface area contributed by atoms with Gasteiger partial charge in [0.2, 0.25) is 0 Å². The molecule has 1 saturated carbocycles. The van der Waals surface area contributed by atoms with Crippen molar-refractivity contribution in [2.45, 2.75) is 114 Å². The maximum absolute atomic E-state index is 13.8. The number of ether oxygens (including phenoxy) is 2. The molecule has 3 N–H and O–H groups in total. The fraction of sp³-hybridized carbons (Fsp3) is 0.765. The molecule has 0 aromatic heterocycles. The van der Waals surface area contributed by atoms with Crippen LogP contribution in [-0.4, -0.2) is 98.9 Å². The van der Waals surface area contributed by atoms with Gasteiger partial charge in [0.05, 0.1) is 23.9 Å². The van der Waals surface area contributed by atoms with Gasteiger partial charge in [0, 0.05) is 59.4 Å². The minimum atomic E-state index is -1.35. The Morgan fingerprint density at radius 3 is 2.58 bits per heavy atom. The molecule has 1 heterocycles. The standard InChI is InChI=1S/C34H58ClN3O6Si/c1-37(32(40)44-21-22-45(3,4)5)26-30(24-33(41)16-7-6-8-17-33)36-31(39)38-19-12-14-28(25-38)34(42,18-9-10-20-43-2)27-13-11-15-29(35)23-27/h11,13,15,23,28,30,41-42H,6-10,12,14,16-22,24-26H2,1-5H3,(H,36,39)/t28-,30?,34-/m1/s1. The summed E-state index contributed by atoms with van der Waals surface area (Å²) in [5.41, 5.74) is -1.25. The number of likely N-dealkylation sites (N-methyl/N-ethyl adjacent to an activating group) is 1. The second-order valence-corrected chi connectivity index (χ2v) is 20.7. The molecule has 1 unspecified atom stereocenters. The van der Waals surface area contributed by atoms with Crippen molar-refractivity contribution in [1.82, 2.24) is 15.1 Å². The van der Waals surface area contributed by atoms with Crippen LogP contribution in [0.25, 0.3) is 0 Å². The molecule has 0 radical (unpaired) electrons. The number of carbonyl (C=O) groups excluding carboxylic acids is 2. The third kappa shape index (κ3) is 12.0. The van der Waals surface area contributed by atoms with Gasteiger partial charge in [0.15, 0.2) is 0 Å². The number of rotatable bonds is 15. The highest BCUT2D eigenvalue weighted by atomic mass is 35.5. The molecule has 256 valence electrons. The van der Waals surface area contributed by atoms with Crippen molar-refractivity contribution in [1.29, 1.82) is 0 Å². The number of hydrogen-bond donors (Lipinski definition) is 3. The average Bonchev–Trinajstić information content (AvgIpc) is 2.98. The minimum absolute atomic E-state index is 0.178. The molecule has 3 atom stereocenters. The minimum Gasteiger partial charge on any atom is -0.450 e. The molecule has 2 aliphatic rings. The summed E-state index contributed by atoms with van der Waals surface area (Å²) in [6, 6.07) is 7.61. The number of nitrogens with zero attached hydrogens (tertiary/aromatic N) is 2. The number of halogens is 1. The van der Waals surface area contributed by atoms with Gasteiger partial charge in [0.1, 0.15) is 0 Å². The molecular formula is C34H58ClN3O6Si. The smallest absolute Gasteiger partial charge is 0.409 e. The number of benzene rings is 1. The summed E-state index contributed by atoms with van der Waals surface area (Å²) < 4.78 is 10.8. The number of hydrogen-bond acceptors (Lipinski definition) is 6. The summed E-state index contributed by atoms with van der Waals surface area (Å²) in [5.74, 6) is -0.178. The summed E-state index contributed by atoms with van der Waals surface area (Å²) in [5, 5.41) is 27.4. The number of carbonyl (C=O) groups is 2. The van der Waals surface area contributed by atoms with Crippen molar-refractivity contribution in [3.63, 3.8) is 0 Å². The van der Waals surface area contributed by atoms with Gasteiger partial charge in [0.25, 0.3) is 0 Å². The van der Waals surface area contributed by atoms with E-state index >= 15 is 0 Å². The Balaban J connectivity index is 1.73. The summed E-state index contributed by atoms with van der Waals surface area (Å²) >= 11 is 6.35. The van der Waals surface area contributed by atoms with E-state index in [1.807, 2.05) is 18.2 Å². The molecule has 0 spiro atoms. The number of unbranched alkanes of at least 4 members (excludes halogenated alkanes) is 1. The van der Waals surface area contributed by atoms with Crippen molar-refractivity contribution < 1.29 is 29.3 Å². The molecule has 1 aliphatic carbocycles. The zero-order valence-corrected chi connectivity index (χ0v) is 30.0. The Kier molecular flexibility index (Phi) is 14.5. The van der Waals surface area contributed by atoms with Crippen LogP contribution >= 0.6 is 11.6 Å².